The van der Waals surface area contributed by atoms with Gasteiger partial charge in [0, 0.05) is 12.1 Å². The third-order valence-corrected chi connectivity index (χ3v) is 3.58. The first-order chi connectivity index (χ1) is 8.15. The summed E-state index contributed by atoms with van der Waals surface area (Å²) in [7, 11) is 0. The number of benzene rings is 1. The van der Waals surface area contributed by atoms with E-state index in [1.54, 1.807) is 0 Å². The zero-order chi connectivity index (χ0) is 12.4. The quantitative estimate of drug-likeness (QED) is 0.882. The van der Waals surface area contributed by atoms with Crippen LogP contribution in [0.5, 0.6) is 0 Å². The summed E-state index contributed by atoms with van der Waals surface area (Å²) >= 11 is 1.37. The zero-order valence-corrected chi connectivity index (χ0v) is 10.6. The van der Waals surface area contributed by atoms with Gasteiger partial charge in [0.25, 0.3) is 0 Å². The van der Waals surface area contributed by atoms with Crippen LogP contribution in [0.15, 0.2) is 18.2 Å². The van der Waals surface area contributed by atoms with Gasteiger partial charge >= 0.3 is 0 Å². The summed E-state index contributed by atoms with van der Waals surface area (Å²) in [4.78, 5) is 5.08. The average Bonchev–Trinajstić information content (AvgIpc) is 2.75. The summed E-state index contributed by atoms with van der Waals surface area (Å²) in [6, 6.07) is 8.36. The molecule has 4 heteroatoms. The maximum atomic E-state index is 9.13. The molecule has 0 atom stereocenters. The number of thiazole rings is 1. The normalized spacial score (nSPS) is 10.2. The Morgan fingerprint density at radius 2 is 2.18 bits per heavy atom. The van der Waals surface area contributed by atoms with Crippen molar-refractivity contribution in [2.24, 2.45) is 5.73 Å². The largest absolute Gasteiger partial charge is 0.325 e. The minimum atomic E-state index is 0.379. The highest BCUT2D eigenvalue weighted by Crippen LogP contribution is 2.30. The Morgan fingerprint density at radius 3 is 2.82 bits per heavy atom. The maximum absolute atomic E-state index is 9.13. The number of hydrogen-bond acceptors (Lipinski definition) is 4. The number of aromatic nitrogens is 1. The van der Waals surface area contributed by atoms with Crippen LogP contribution < -0.4 is 5.73 Å². The Kier molecular flexibility index (Phi) is 3.23. The molecule has 0 spiro atoms. The molecule has 17 heavy (non-hydrogen) atoms. The molecule has 0 aliphatic carbocycles. The van der Waals surface area contributed by atoms with Crippen molar-refractivity contribution in [1.29, 1.82) is 5.26 Å². The number of hydrogen-bond donors (Lipinski definition) is 1. The molecule has 0 unspecified atom stereocenters. The molecule has 0 fully saturated rings. The molecule has 0 bridgehead atoms. The third-order valence-electron chi connectivity index (χ3n) is 2.60. The van der Waals surface area contributed by atoms with Crippen molar-refractivity contribution in [3.63, 3.8) is 0 Å². The molecular weight excluding hydrogens is 230 g/mol. The van der Waals surface area contributed by atoms with E-state index in [-0.39, 0.29) is 0 Å². The van der Waals surface area contributed by atoms with E-state index in [4.69, 9.17) is 11.0 Å². The van der Waals surface area contributed by atoms with Crippen molar-refractivity contribution in [2.45, 2.75) is 20.4 Å². The van der Waals surface area contributed by atoms with Gasteiger partial charge in [-0.25, -0.2) is 4.98 Å². The highest BCUT2D eigenvalue weighted by Gasteiger charge is 2.14. The number of aryl methyl sites for hydroxylation is 2. The summed E-state index contributed by atoms with van der Waals surface area (Å²) < 4.78 is 0. The van der Waals surface area contributed by atoms with Crippen molar-refractivity contribution >= 4 is 11.3 Å². The third kappa shape index (κ3) is 2.21. The number of nitrogens with two attached hydrogens (primary N) is 1. The maximum Gasteiger partial charge on any atom is 0.132 e. The SMILES string of the molecule is Cc1ccc(C)c(-c2nc(CN)sc2C#N)c1. The monoisotopic (exact) mass is 243 g/mol. The summed E-state index contributed by atoms with van der Waals surface area (Å²) in [5.41, 5.74) is 9.65. The zero-order valence-electron chi connectivity index (χ0n) is 9.82. The Balaban J connectivity index is 2.63. The summed E-state index contributed by atoms with van der Waals surface area (Å²) in [5.74, 6) is 0. The first kappa shape index (κ1) is 11.8. The van der Waals surface area contributed by atoms with Gasteiger partial charge in [0.05, 0.1) is 5.69 Å². The molecule has 1 heterocycles. The molecule has 0 saturated carbocycles. The lowest BCUT2D eigenvalue weighted by Crippen LogP contribution is -1.95. The second kappa shape index (κ2) is 4.66. The van der Waals surface area contributed by atoms with Crippen molar-refractivity contribution in [1.82, 2.24) is 4.98 Å². The second-order valence-corrected chi connectivity index (χ2v) is 5.00. The predicted octanol–water partition coefficient (Wildman–Crippen LogP) is 2.76. The van der Waals surface area contributed by atoms with Crippen LogP contribution in [0.2, 0.25) is 0 Å². The number of nitrogens with zero attached hydrogens (tertiary/aromatic N) is 2. The van der Waals surface area contributed by atoms with Crippen LogP contribution in [0.4, 0.5) is 0 Å². The minimum absolute atomic E-state index is 0.379. The van der Waals surface area contributed by atoms with Crippen molar-refractivity contribution < 1.29 is 0 Å². The molecule has 0 radical (unpaired) electrons. The van der Waals surface area contributed by atoms with Gasteiger partial charge in [-0.15, -0.1) is 11.3 Å². The van der Waals surface area contributed by atoms with Crippen molar-refractivity contribution in [2.75, 3.05) is 0 Å². The van der Waals surface area contributed by atoms with E-state index in [1.807, 2.05) is 19.9 Å². The average molecular weight is 243 g/mol. The topological polar surface area (TPSA) is 62.7 Å². The van der Waals surface area contributed by atoms with Gasteiger partial charge in [0.1, 0.15) is 16.0 Å². The van der Waals surface area contributed by atoms with Gasteiger partial charge in [-0.3, -0.25) is 0 Å². The molecule has 1 aromatic carbocycles. The molecule has 0 saturated heterocycles. The molecule has 0 aliphatic rings. The second-order valence-electron chi connectivity index (χ2n) is 3.92. The van der Waals surface area contributed by atoms with Gasteiger partial charge in [0.15, 0.2) is 0 Å². The number of nitriles is 1. The molecular formula is C13H13N3S. The van der Waals surface area contributed by atoms with E-state index in [1.165, 1.54) is 11.3 Å². The van der Waals surface area contributed by atoms with E-state index in [0.717, 1.165) is 27.4 Å². The Morgan fingerprint density at radius 1 is 1.41 bits per heavy atom. The highest BCUT2D eigenvalue weighted by molar-refractivity contribution is 7.12. The van der Waals surface area contributed by atoms with Crippen LogP contribution in [0.1, 0.15) is 21.0 Å². The van der Waals surface area contributed by atoms with E-state index in [2.05, 4.69) is 23.2 Å². The van der Waals surface area contributed by atoms with E-state index < -0.39 is 0 Å². The molecule has 86 valence electrons. The molecule has 0 amide bonds. The van der Waals surface area contributed by atoms with Gasteiger partial charge < -0.3 is 5.73 Å². The Bertz CT molecular complexity index is 593. The van der Waals surface area contributed by atoms with Crippen LogP contribution in [0, 0.1) is 25.2 Å². The van der Waals surface area contributed by atoms with Crippen LogP contribution >= 0.6 is 11.3 Å². The Hall–Kier alpha value is -1.70. The molecule has 2 N–H and O–H groups in total. The minimum Gasteiger partial charge on any atom is -0.325 e. The fraction of sp³-hybridized carbons (Fsp3) is 0.231. The number of rotatable bonds is 2. The lowest BCUT2D eigenvalue weighted by molar-refractivity contribution is 1.04. The van der Waals surface area contributed by atoms with Gasteiger partial charge in [0.2, 0.25) is 0 Å². The van der Waals surface area contributed by atoms with Crippen LogP contribution in [-0.2, 0) is 6.54 Å². The lowest BCUT2D eigenvalue weighted by Gasteiger charge is -2.04. The van der Waals surface area contributed by atoms with Crippen LogP contribution in [-0.4, -0.2) is 4.98 Å². The van der Waals surface area contributed by atoms with Crippen molar-refractivity contribution in [3.8, 4) is 17.3 Å². The summed E-state index contributed by atoms with van der Waals surface area (Å²) in [5, 5.41) is 9.93. The molecule has 2 aromatic rings. The molecule has 2 rings (SSSR count). The molecule has 3 nitrogen and oxygen atoms in total. The van der Waals surface area contributed by atoms with Gasteiger partial charge in [-0.1, -0.05) is 17.7 Å². The van der Waals surface area contributed by atoms with Gasteiger partial charge in [-0.05, 0) is 25.5 Å². The molecule has 1 aromatic heterocycles. The fourth-order valence-electron chi connectivity index (χ4n) is 1.70. The van der Waals surface area contributed by atoms with Crippen molar-refractivity contribution in [3.05, 3.63) is 39.2 Å². The van der Waals surface area contributed by atoms with Crippen LogP contribution in [0.25, 0.3) is 11.3 Å². The smallest absolute Gasteiger partial charge is 0.132 e. The fourth-order valence-corrected chi connectivity index (χ4v) is 2.45. The standard InChI is InChI=1S/C13H13N3S/c1-8-3-4-9(2)10(5-8)13-11(6-14)17-12(7-15)16-13/h3-5H,7,15H2,1-2H3. The molecule has 0 aliphatic heterocycles. The van der Waals surface area contributed by atoms with E-state index >= 15 is 0 Å². The van der Waals surface area contributed by atoms with Gasteiger partial charge in [-0.2, -0.15) is 5.26 Å². The van der Waals surface area contributed by atoms with Crippen LogP contribution in [0.3, 0.4) is 0 Å². The predicted molar refractivity (Wildman–Crippen MR) is 69.6 cm³/mol. The summed E-state index contributed by atoms with van der Waals surface area (Å²) in [6.45, 7) is 4.44. The lowest BCUT2D eigenvalue weighted by atomic mass is 10.0. The first-order valence-corrected chi connectivity index (χ1v) is 6.15. The first-order valence-electron chi connectivity index (χ1n) is 5.33. The van der Waals surface area contributed by atoms with E-state index in [9.17, 15) is 0 Å². The Labute approximate surface area is 105 Å². The van der Waals surface area contributed by atoms with E-state index in [0.29, 0.717) is 11.4 Å². The summed E-state index contributed by atoms with van der Waals surface area (Å²) in [6.07, 6.45) is 0. The highest BCUT2D eigenvalue weighted by atomic mass is 32.1.